The van der Waals surface area contributed by atoms with Crippen LogP contribution in [0.3, 0.4) is 0 Å². The molecular weight excluding hydrogens is 277 g/mol. The van der Waals surface area contributed by atoms with Gasteiger partial charge in [0.2, 0.25) is 0 Å². The van der Waals surface area contributed by atoms with E-state index in [1.54, 1.807) is 17.8 Å². The lowest BCUT2D eigenvalue weighted by atomic mass is 10.2. The summed E-state index contributed by atoms with van der Waals surface area (Å²) in [5.74, 6) is 0.322. The number of halogens is 2. The fourth-order valence-corrected chi connectivity index (χ4v) is 2.53. The Bertz CT molecular complexity index is 446. The Hall–Kier alpha value is -0.380. The number of alkyl halides is 1. The minimum atomic E-state index is -0.197. The average Bonchev–Trinajstić information content (AvgIpc) is 3.10. The molecule has 1 fully saturated rings. The van der Waals surface area contributed by atoms with Crippen LogP contribution >= 0.6 is 35.0 Å². The number of nitrogens with one attached hydrogen (secondary N) is 1. The summed E-state index contributed by atoms with van der Waals surface area (Å²) in [5, 5.41) is 3.44. The van der Waals surface area contributed by atoms with Crippen molar-refractivity contribution in [1.82, 2.24) is 5.32 Å². The maximum absolute atomic E-state index is 12.1. The summed E-state index contributed by atoms with van der Waals surface area (Å²) in [6.07, 6.45) is 3.86. The zero-order chi connectivity index (χ0) is 12.5. The molecule has 1 saturated carbocycles. The van der Waals surface area contributed by atoms with E-state index in [4.69, 9.17) is 23.2 Å². The molecule has 0 aromatic heterocycles. The van der Waals surface area contributed by atoms with Crippen LogP contribution in [0.5, 0.6) is 0 Å². The van der Waals surface area contributed by atoms with Gasteiger partial charge in [0.1, 0.15) is 0 Å². The van der Waals surface area contributed by atoms with Gasteiger partial charge in [-0.3, -0.25) is 4.79 Å². The van der Waals surface area contributed by atoms with Crippen molar-refractivity contribution in [3.05, 3.63) is 28.8 Å². The molecular formula is C12H13Cl2NOS. The van der Waals surface area contributed by atoms with Crippen LogP contribution in [0.25, 0.3) is 0 Å². The number of hydrogen-bond acceptors (Lipinski definition) is 2. The lowest BCUT2D eigenvalue weighted by molar-refractivity contribution is 0.0936. The molecule has 0 radical (unpaired) electrons. The molecule has 0 atom stereocenters. The van der Waals surface area contributed by atoms with E-state index >= 15 is 0 Å². The maximum Gasteiger partial charge on any atom is 0.253 e. The van der Waals surface area contributed by atoms with Gasteiger partial charge in [0, 0.05) is 10.8 Å². The second-order valence-corrected chi connectivity index (χ2v) is 5.77. The molecule has 2 nitrogen and oxygen atoms in total. The standard InChI is InChI=1S/C12H13Cl2NOS/c1-17-8-2-3-10(14)9(6-8)11(16)15-12(7-13)4-5-12/h2-3,6H,4-5,7H2,1H3,(H,15,16). The highest BCUT2D eigenvalue weighted by Crippen LogP contribution is 2.37. The van der Waals surface area contributed by atoms with E-state index in [1.807, 2.05) is 18.4 Å². The number of rotatable bonds is 4. The largest absolute Gasteiger partial charge is 0.345 e. The Morgan fingerprint density at radius 2 is 2.24 bits per heavy atom. The Kier molecular flexibility index (Phi) is 3.91. The van der Waals surface area contributed by atoms with Crippen LogP contribution in [0.4, 0.5) is 0 Å². The normalized spacial score (nSPS) is 16.6. The summed E-state index contributed by atoms with van der Waals surface area (Å²) in [6, 6.07) is 5.47. The molecule has 17 heavy (non-hydrogen) atoms. The predicted octanol–water partition coefficient (Wildman–Crippen LogP) is 3.56. The van der Waals surface area contributed by atoms with Gasteiger partial charge in [-0.25, -0.2) is 0 Å². The fourth-order valence-electron chi connectivity index (χ4n) is 1.56. The van der Waals surface area contributed by atoms with Gasteiger partial charge in [-0.1, -0.05) is 11.6 Å². The summed E-state index contributed by atoms with van der Waals surface area (Å²) in [5.41, 5.74) is 0.326. The lowest BCUT2D eigenvalue weighted by Crippen LogP contribution is -2.38. The van der Waals surface area contributed by atoms with Crippen molar-refractivity contribution in [2.24, 2.45) is 0 Å². The lowest BCUT2D eigenvalue weighted by Gasteiger charge is -2.15. The van der Waals surface area contributed by atoms with Crippen LogP contribution in [-0.2, 0) is 0 Å². The highest BCUT2D eigenvalue weighted by Gasteiger charge is 2.43. The molecule has 2 rings (SSSR count). The molecule has 0 bridgehead atoms. The number of thioether (sulfide) groups is 1. The molecule has 1 amide bonds. The van der Waals surface area contributed by atoms with Crippen molar-refractivity contribution in [2.75, 3.05) is 12.1 Å². The second kappa shape index (κ2) is 5.09. The fraction of sp³-hybridized carbons (Fsp3) is 0.417. The summed E-state index contributed by atoms with van der Waals surface area (Å²) in [4.78, 5) is 13.1. The number of amides is 1. The van der Waals surface area contributed by atoms with E-state index in [-0.39, 0.29) is 11.4 Å². The zero-order valence-corrected chi connectivity index (χ0v) is 11.8. The van der Waals surface area contributed by atoms with Crippen molar-refractivity contribution in [3.8, 4) is 0 Å². The van der Waals surface area contributed by atoms with Gasteiger partial charge in [-0.15, -0.1) is 23.4 Å². The molecule has 1 aliphatic carbocycles. The molecule has 1 aliphatic rings. The van der Waals surface area contributed by atoms with E-state index in [1.165, 1.54) is 0 Å². The Morgan fingerprint density at radius 3 is 2.76 bits per heavy atom. The smallest absolute Gasteiger partial charge is 0.253 e. The van der Waals surface area contributed by atoms with Gasteiger partial charge in [-0.2, -0.15) is 0 Å². The van der Waals surface area contributed by atoms with E-state index in [9.17, 15) is 4.79 Å². The average molecular weight is 290 g/mol. The van der Waals surface area contributed by atoms with Crippen molar-refractivity contribution in [2.45, 2.75) is 23.3 Å². The Morgan fingerprint density at radius 1 is 1.53 bits per heavy atom. The van der Waals surface area contributed by atoms with Gasteiger partial charge in [0.25, 0.3) is 5.91 Å². The molecule has 0 unspecified atom stereocenters. The molecule has 0 aliphatic heterocycles. The van der Waals surface area contributed by atoms with Crippen molar-refractivity contribution in [3.63, 3.8) is 0 Å². The van der Waals surface area contributed by atoms with Crippen molar-refractivity contribution >= 4 is 40.9 Å². The molecule has 0 heterocycles. The molecule has 92 valence electrons. The van der Waals surface area contributed by atoms with Crippen LogP contribution in [0.1, 0.15) is 23.2 Å². The molecule has 1 N–H and O–H groups in total. The molecule has 1 aromatic carbocycles. The monoisotopic (exact) mass is 289 g/mol. The van der Waals surface area contributed by atoms with Gasteiger partial charge < -0.3 is 5.32 Å². The van der Waals surface area contributed by atoms with Crippen LogP contribution < -0.4 is 5.32 Å². The number of benzene rings is 1. The van der Waals surface area contributed by atoms with Crippen LogP contribution in [0.15, 0.2) is 23.1 Å². The number of hydrogen-bond donors (Lipinski definition) is 1. The third-order valence-electron chi connectivity index (χ3n) is 2.91. The van der Waals surface area contributed by atoms with Crippen LogP contribution in [-0.4, -0.2) is 23.6 Å². The first-order chi connectivity index (χ1) is 8.10. The highest BCUT2D eigenvalue weighted by molar-refractivity contribution is 7.98. The minimum absolute atomic E-state index is 0.135. The first-order valence-electron chi connectivity index (χ1n) is 5.32. The highest BCUT2D eigenvalue weighted by atomic mass is 35.5. The predicted molar refractivity (Wildman–Crippen MR) is 73.4 cm³/mol. The van der Waals surface area contributed by atoms with E-state index in [2.05, 4.69) is 5.32 Å². The van der Waals surface area contributed by atoms with Gasteiger partial charge >= 0.3 is 0 Å². The summed E-state index contributed by atoms with van der Waals surface area (Å²) in [7, 11) is 0. The van der Waals surface area contributed by atoms with Crippen molar-refractivity contribution in [1.29, 1.82) is 0 Å². The van der Waals surface area contributed by atoms with E-state index in [0.29, 0.717) is 16.5 Å². The quantitative estimate of drug-likeness (QED) is 0.678. The number of carbonyl (C=O) groups excluding carboxylic acids is 1. The molecule has 5 heteroatoms. The van der Waals surface area contributed by atoms with Gasteiger partial charge in [-0.05, 0) is 37.3 Å². The third kappa shape index (κ3) is 2.90. The number of carbonyl (C=O) groups is 1. The SMILES string of the molecule is CSc1ccc(Cl)c(C(=O)NC2(CCl)CC2)c1. The molecule has 0 saturated heterocycles. The van der Waals surface area contributed by atoms with E-state index < -0.39 is 0 Å². The first-order valence-corrected chi connectivity index (χ1v) is 7.46. The third-order valence-corrected chi connectivity index (χ3v) is 4.47. The van der Waals surface area contributed by atoms with Crippen molar-refractivity contribution < 1.29 is 4.79 Å². The topological polar surface area (TPSA) is 29.1 Å². The zero-order valence-electron chi connectivity index (χ0n) is 9.43. The van der Waals surface area contributed by atoms with Crippen LogP contribution in [0, 0.1) is 0 Å². The Balaban J connectivity index is 2.18. The van der Waals surface area contributed by atoms with E-state index in [0.717, 1.165) is 17.7 Å². The minimum Gasteiger partial charge on any atom is -0.345 e. The second-order valence-electron chi connectivity index (χ2n) is 4.21. The summed E-state index contributed by atoms with van der Waals surface area (Å²) >= 11 is 13.5. The first kappa shape index (κ1) is 13.1. The summed E-state index contributed by atoms with van der Waals surface area (Å²) < 4.78 is 0. The maximum atomic E-state index is 12.1. The molecule has 1 aromatic rings. The van der Waals surface area contributed by atoms with Gasteiger partial charge in [0.15, 0.2) is 0 Å². The van der Waals surface area contributed by atoms with Crippen LogP contribution in [0.2, 0.25) is 5.02 Å². The molecule has 0 spiro atoms. The Labute approximate surface area is 115 Å². The van der Waals surface area contributed by atoms with Gasteiger partial charge in [0.05, 0.1) is 16.1 Å². The summed E-state index contributed by atoms with van der Waals surface area (Å²) in [6.45, 7) is 0.